The normalized spacial score (nSPS) is 16.2. The van der Waals surface area contributed by atoms with E-state index in [1.54, 1.807) is 6.07 Å². The van der Waals surface area contributed by atoms with E-state index >= 15 is 0 Å². The molecule has 2 rings (SSSR count). The number of carboxylic acids is 1. The van der Waals surface area contributed by atoms with Crippen LogP contribution < -0.4 is 4.72 Å². The zero-order chi connectivity index (χ0) is 17.2. The van der Waals surface area contributed by atoms with Gasteiger partial charge in [-0.15, -0.1) is 0 Å². The van der Waals surface area contributed by atoms with Gasteiger partial charge in [-0.25, -0.2) is 8.42 Å². The number of nitrogens with one attached hydrogen (secondary N) is 1. The molecule has 1 aliphatic carbocycles. The molecule has 0 unspecified atom stereocenters. The zero-order valence-corrected chi connectivity index (χ0v) is 14.0. The van der Waals surface area contributed by atoms with Gasteiger partial charge in [0.2, 0.25) is 10.0 Å². The summed E-state index contributed by atoms with van der Waals surface area (Å²) in [6, 6.07) is 3.23. The van der Waals surface area contributed by atoms with Gasteiger partial charge in [0.1, 0.15) is 6.04 Å². The number of sulfonamides is 1. The topological polar surface area (TPSA) is 101 Å². The summed E-state index contributed by atoms with van der Waals surface area (Å²) >= 11 is 0. The molecular formula is C16H21NO5S. The van der Waals surface area contributed by atoms with Gasteiger partial charge in [-0.3, -0.25) is 9.59 Å². The molecule has 6 nitrogen and oxygen atoms in total. The average molecular weight is 339 g/mol. The Bertz CT molecular complexity index is 724. The fourth-order valence-corrected chi connectivity index (χ4v) is 3.93. The molecular weight excluding hydrogens is 318 g/mol. The average Bonchev–Trinajstić information content (AvgIpc) is 2.46. The number of hydrogen-bond donors (Lipinski definition) is 2. The number of rotatable bonds is 6. The fourth-order valence-electron chi connectivity index (χ4n) is 2.70. The maximum atomic E-state index is 12.4. The first kappa shape index (κ1) is 17.6. The molecule has 0 aliphatic heterocycles. The predicted octanol–water partition coefficient (Wildman–Crippen LogP) is 1.98. The largest absolute Gasteiger partial charge is 0.480 e. The minimum atomic E-state index is -3.99. The number of carboxylic acid groups (broad SMARTS) is 1. The Balaban J connectivity index is 2.30. The number of hydrogen-bond acceptors (Lipinski definition) is 4. The van der Waals surface area contributed by atoms with Crippen molar-refractivity contribution < 1.29 is 23.1 Å². The van der Waals surface area contributed by atoms with Crippen LogP contribution >= 0.6 is 0 Å². The van der Waals surface area contributed by atoms with Crippen LogP contribution in [0.1, 0.15) is 49.0 Å². The summed E-state index contributed by atoms with van der Waals surface area (Å²) < 4.78 is 27.1. The van der Waals surface area contributed by atoms with Crippen molar-refractivity contribution in [2.24, 2.45) is 5.92 Å². The molecule has 7 heteroatoms. The first-order chi connectivity index (χ1) is 10.7. The number of Topliss-reactive ketones (excluding diaryl/α,β-unsaturated/α-hetero) is 1. The first-order valence-corrected chi connectivity index (χ1v) is 9.10. The highest BCUT2D eigenvalue weighted by atomic mass is 32.2. The summed E-state index contributed by atoms with van der Waals surface area (Å²) in [6.45, 7) is 3.64. The lowest BCUT2D eigenvalue weighted by atomic mass is 9.91. The predicted molar refractivity (Wildman–Crippen MR) is 84.9 cm³/mol. The minimum Gasteiger partial charge on any atom is -0.480 e. The van der Waals surface area contributed by atoms with Gasteiger partial charge in [0.15, 0.2) is 5.78 Å². The van der Waals surface area contributed by atoms with Crippen molar-refractivity contribution in [3.8, 4) is 0 Å². The number of aliphatic carboxylic acids is 1. The molecule has 0 heterocycles. The van der Waals surface area contributed by atoms with E-state index in [0.717, 1.165) is 18.4 Å². The van der Waals surface area contributed by atoms with Crippen LogP contribution in [0.5, 0.6) is 0 Å². The molecule has 1 aliphatic rings. The molecule has 0 aromatic heterocycles. The van der Waals surface area contributed by atoms with Crippen LogP contribution in [0.3, 0.4) is 0 Å². The molecule has 1 aromatic carbocycles. The van der Waals surface area contributed by atoms with E-state index in [2.05, 4.69) is 4.72 Å². The maximum absolute atomic E-state index is 12.4. The zero-order valence-electron chi connectivity index (χ0n) is 13.2. The van der Waals surface area contributed by atoms with Gasteiger partial charge in [0.05, 0.1) is 4.90 Å². The molecule has 0 amide bonds. The van der Waals surface area contributed by atoms with Crippen molar-refractivity contribution in [2.75, 3.05) is 0 Å². The molecule has 0 saturated carbocycles. The minimum absolute atomic E-state index is 0.0314. The van der Waals surface area contributed by atoms with E-state index in [-0.39, 0.29) is 23.0 Å². The molecule has 1 atom stereocenters. The van der Waals surface area contributed by atoms with E-state index in [9.17, 15) is 23.1 Å². The molecule has 23 heavy (non-hydrogen) atoms. The lowest BCUT2D eigenvalue weighted by molar-refractivity contribution is -0.139. The van der Waals surface area contributed by atoms with E-state index in [0.29, 0.717) is 12.0 Å². The van der Waals surface area contributed by atoms with Crippen LogP contribution in [0.2, 0.25) is 0 Å². The van der Waals surface area contributed by atoms with Gasteiger partial charge >= 0.3 is 5.97 Å². The van der Waals surface area contributed by atoms with E-state index in [1.807, 2.05) is 13.8 Å². The molecule has 0 bridgehead atoms. The number of benzene rings is 1. The van der Waals surface area contributed by atoms with Crippen LogP contribution in [-0.2, 0) is 21.2 Å². The third-order valence-corrected chi connectivity index (χ3v) is 5.31. The van der Waals surface area contributed by atoms with Gasteiger partial charge in [0.25, 0.3) is 0 Å². The number of carbonyl (C=O) groups is 2. The summed E-state index contributed by atoms with van der Waals surface area (Å²) in [7, 11) is -3.99. The second kappa shape index (κ2) is 6.80. The standard InChI is InChI=1S/C16H21NO5S/c1-10(2)8-14(16(19)20)17-23(21,22)12-7-6-11-4-3-5-15(18)13(11)9-12/h6-7,9-10,14,17H,3-5,8H2,1-2H3,(H,19,20)/t14-/m1/s1. The van der Waals surface area contributed by atoms with Gasteiger partial charge in [-0.2, -0.15) is 4.72 Å². The molecule has 1 aromatic rings. The van der Waals surface area contributed by atoms with Crippen molar-refractivity contribution in [2.45, 2.75) is 50.5 Å². The van der Waals surface area contributed by atoms with Crippen molar-refractivity contribution >= 4 is 21.8 Å². The summed E-state index contributed by atoms with van der Waals surface area (Å²) in [5, 5.41) is 9.19. The van der Waals surface area contributed by atoms with E-state index in [4.69, 9.17) is 0 Å². The molecule has 0 spiro atoms. The van der Waals surface area contributed by atoms with Gasteiger partial charge < -0.3 is 5.11 Å². The Morgan fingerprint density at radius 1 is 1.30 bits per heavy atom. The lowest BCUT2D eigenvalue weighted by Gasteiger charge is -2.18. The lowest BCUT2D eigenvalue weighted by Crippen LogP contribution is -2.41. The molecule has 126 valence electrons. The maximum Gasteiger partial charge on any atom is 0.321 e. The van der Waals surface area contributed by atoms with Crippen molar-refractivity contribution in [1.29, 1.82) is 0 Å². The van der Waals surface area contributed by atoms with Gasteiger partial charge in [0, 0.05) is 12.0 Å². The monoisotopic (exact) mass is 339 g/mol. The smallest absolute Gasteiger partial charge is 0.321 e. The Kier molecular flexibility index (Phi) is 5.21. The Hall–Kier alpha value is -1.73. The van der Waals surface area contributed by atoms with Crippen LogP contribution in [0, 0.1) is 5.92 Å². The van der Waals surface area contributed by atoms with Gasteiger partial charge in [-0.1, -0.05) is 19.9 Å². The van der Waals surface area contributed by atoms with Crippen LogP contribution in [-0.4, -0.2) is 31.3 Å². The molecule has 0 fully saturated rings. The summed E-state index contributed by atoms with van der Waals surface area (Å²) in [4.78, 5) is 23.1. The quantitative estimate of drug-likeness (QED) is 0.825. The Morgan fingerprint density at radius 3 is 2.61 bits per heavy atom. The third kappa shape index (κ3) is 4.17. The van der Waals surface area contributed by atoms with Crippen molar-refractivity contribution in [3.63, 3.8) is 0 Å². The Labute approximate surface area is 136 Å². The van der Waals surface area contributed by atoms with Crippen molar-refractivity contribution in [1.82, 2.24) is 4.72 Å². The molecule has 2 N–H and O–H groups in total. The van der Waals surface area contributed by atoms with E-state index < -0.39 is 22.0 Å². The Morgan fingerprint density at radius 2 is 2.00 bits per heavy atom. The van der Waals surface area contributed by atoms with Gasteiger partial charge in [-0.05, 0) is 42.9 Å². The van der Waals surface area contributed by atoms with E-state index in [1.165, 1.54) is 12.1 Å². The number of fused-ring (bicyclic) bond motifs is 1. The first-order valence-electron chi connectivity index (χ1n) is 7.62. The highest BCUT2D eigenvalue weighted by Gasteiger charge is 2.27. The van der Waals surface area contributed by atoms with Crippen molar-refractivity contribution in [3.05, 3.63) is 29.3 Å². The summed E-state index contributed by atoms with van der Waals surface area (Å²) in [6.07, 6.45) is 2.12. The highest BCUT2D eigenvalue weighted by Crippen LogP contribution is 2.24. The SMILES string of the molecule is CC(C)C[C@@H](NS(=O)(=O)c1ccc2c(c1)C(=O)CCC2)C(=O)O. The number of aryl methyl sites for hydroxylation is 1. The van der Waals surface area contributed by atoms with Crippen LogP contribution in [0.25, 0.3) is 0 Å². The number of carbonyl (C=O) groups excluding carboxylic acids is 1. The summed E-state index contributed by atoms with van der Waals surface area (Å²) in [5.74, 6) is -1.25. The summed E-state index contributed by atoms with van der Waals surface area (Å²) in [5.41, 5.74) is 1.27. The van der Waals surface area contributed by atoms with Crippen LogP contribution in [0.15, 0.2) is 23.1 Å². The number of ketones is 1. The molecule has 0 radical (unpaired) electrons. The third-order valence-electron chi connectivity index (χ3n) is 3.84. The fraction of sp³-hybridized carbons (Fsp3) is 0.500. The second-order valence-electron chi connectivity index (χ2n) is 6.24. The second-order valence-corrected chi connectivity index (χ2v) is 7.95. The molecule has 0 saturated heterocycles. The highest BCUT2D eigenvalue weighted by molar-refractivity contribution is 7.89. The van der Waals surface area contributed by atoms with Crippen LogP contribution in [0.4, 0.5) is 0 Å².